The molecular formula is C18H28N2O5S. The molecule has 0 aromatic heterocycles. The Morgan fingerprint density at radius 3 is 2.27 bits per heavy atom. The first-order chi connectivity index (χ1) is 12.4. The summed E-state index contributed by atoms with van der Waals surface area (Å²) in [6.07, 6.45) is 1.07. The Bertz CT molecular complexity index is 723. The van der Waals surface area contributed by atoms with Gasteiger partial charge in [0.05, 0.1) is 14.2 Å². The zero-order valence-electron chi connectivity index (χ0n) is 15.9. The maximum absolute atomic E-state index is 13.0. The summed E-state index contributed by atoms with van der Waals surface area (Å²) in [5, 5.41) is 0. The van der Waals surface area contributed by atoms with Crippen LogP contribution in [0.3, 0.4) is 0 Å². The minimum atomic E-state index is -3.68. The Morgan fingerprint density at radius 2 is 1.77 bits per heavy atom. The Morgan fingerprint density at radius 1 is 1.15 bits per heavy atom. The molecule has 1 aromatic rings. The van der Waals surface area contributed by atoms with E-state index in [1.54, 1.807) is 17.0 Å². The van der Waals surface area contributed by atoms with E-state index in [9.17, 15) is 13.2 Å². The highest BCUT2D eigenvalue weighted by Crippen LogP contribution is 2.32. The van der Waals surface area contributed by atoms with E-state index in [0.29, 0.717) is 44.8 Å². The highest BCUT2D eigenvalue weighted by Gasteiger charge is 2.34. The van der Waals surface area contributed by atoms with Crippen LogP contribution in [-0.4, -0.2) is 63.9 Å². The quantitative estimate of drug-likeness (QED) is 0.718. The molecule has 2 rings (SSSR count). The molecule has 1 aromatic carbocycles. The van der Waals surface area contributed by atoms with Crippen molar-refractivity contribution in [3.63, 3.8) is 0 Å². The fourth-order valence-electron chi connectivity index (χ4n) is 3.26. The molecule has 0 unspecified atom stereocenters. The molecule has 0 spiro atoms. The zero-order valence-corrected chi connectivity index (χ0v) is 16.7. The second-order valence-corrected chi connectivity index (χ2v) is 8.11. The van der Waals surface area contributed by atoms with Gasteiger partial charge in [0.2, 0.25) is 15.9 Å². The monoisotopic (exact) mass is 384 g/mol. The number of ether oxygens (including phenoxy) is 2. The van der Waals surface area contributed by atoms with Crippen LogP contribution in [0.5, 0.6) is 11.5 Å². The second kappa shape index (κ2) is 8.73. The molecule has 0 bridgehead atoms. The number of nitrogens with zero attached hydrogens (tertiary/aromatic N) is 2. The van der Waals surface area contributed by atoms with Gasteiger partial charge in [-0.3, -0.25) is 4.79 Å². The van der Waals surface area contributed by atoms with Crippen molar-refractivity contribution in [3.8, 4) is 11.5 Å². The average molecular weight is 384 g/mol. The summed E-state index contributed by atoms with van der Waals surface area (Å²) in [6, 6.07) is 4.66. The Hall–Kier alpha value is -1.80. The van der Waals surface area contributed by atoms with E-state index in [1.807, 2.05) is 13.8 Å². The van der Waals surface area contributed by atoms with Crippen LogP contribution in [0.1, 0.15) is 26.7 Å². The summed E-state index contributed by atoms with van der Waals surface area (Å²) in [4.78, 5) is 14.4. The van der Waals surface area contributed by atoms with Gasteiger partial charge in [-0.2, -0.15) is 4.31 Å². The van der Waals surface area contributed by atoms with E-state index >= 15 is 0 Å². The molecule has 146 valence electrons. The Kier molecular flexibility index (Phi) is 6.88. The molecule has 0 N–H and O–H groups in total. The van der Waals surface area contributed by atoms with E-state index in [2.05, 4.69) is 0 Å². The molecule has 1 amide bonds. The first kappa shape index (κ1) is 20.5. The lowest BCUT2D eigenvalue weighted by atomic mass is 9.96. The van der Waals surface area contributed by atoms with Gasteiger partial charge >= 0.3 is 0 Å². The van der Waals surface area contributed by atoms with Gasteiger partial charge < -0.3 is 14.4 Å². The number of hydrogen-bond acceptors (Lipinski definition) is 5. The molecule has 1 aliphatic heterocycles. The van der Waals surface area contributed by atoms with E-state index in [0.717, 1.165) is 0 Å². The highest BCUT2D eigenvalue weighted by atomic mass is 32.2. The van der Waals surface area contributed by atoms with Crippen molar-refractivity contribution in [3.05, 3.63) is 18.2 Å². The number of rotatable bonds is 7. The number of carbonyl (C=O) groups is 1. The molecule has 0 atom stereocenters. The maximum atomic E-state index is 13.0. The van der Waals surface area contributed by atoms with Crippen molar-refractivity contribution < 1.29 is 22.7 Å². The van der Waals surface area contributed by atoms with E-state index in [-0.39, 0.29) is 22.5 Å². The topological polar surface area (TPSA) is 76.2 Å². The number of methoxy groups -OCH3 is 2. The fraction of sp³-hybridized carbons (Fsp3) is 0.611. The van der Waals surface area contributed by atoms with Gasteiger partial charge in [0, 0.05) is 38.2 Å². The van der Waals surface area contributed by atoms with E-state index in [1.165, 1.54) is 24.6 Å². The van der Waals surface area contributed by atoms with Crippen LogP contribution >= 0.6 is 0 Å². The molecule has 8 heteroatoms. The van der Waals surface area contributed by atoms with Crippen LogP contribution in [0.25, 0.3) is 0 Å². The summed E-state index contributed by atoms with van der Waals surface area (Å²) in [7, 11) is -0.735. The minimum absolute atomic E-state index is 0.112. The number of piperidine rings is 1. The van der Waals surface area contributed by atoms with Gasteiger partial charge in [0.1, 0.15) is 16.4 Å². The largest absolute Gasteiger partial charge is 0.497 e. The molecule has 0 radical (unpaired) electrons. The minimum Gasteiger partial charge on any atom is -0.497 e. The van der Waals surface area contributed by atoms with Gasteiger partial charge in [-0.15, -0.1) is 0 Å². The van der Waals surface area contributed by atoms with Crippen LogP contribution in [0.15, 0.2) is 23.1 Å². The molecule has 1 heterocycles. The summed E-state index contributed by atoms with van der Waals surface area (Å²) in [6.45, 7) is 5.92. The van der Waals surface area contributed by atoms with Crippen LogP contribution in [0.2, 0.25) is 0 Å². The third kappa shape index (κ3) is 4.12. The predicted octanol–water partition coefficient (Wildman–Crippen LogP) is 1.97. The van der Waals surface area contributed by atoms with Crippen molar-refractivity contribution in [2.24, 2.45) is 5.92 Å². The number of amides is 1. The van der Waals surface area contributed by atoms with Gasteiger partial charge in [0.25, 0.3) is 0 Å². The number of carbonyl (C=O) groups excluding carboxylic acids is 1. The third-order valence-corrected chi connectivity index (χ3v) is 6.80. The van der Waals surface area contributed by atoms with Gasteiger partial charge in [-0.05, 0) is 38.8 Å². The SMILES string of the molecule is CCN(CC)C(=O)C1CCN(S(=O)(=O)c2ccc(OC)cc2OC)CC1. The molecule has 1 fully saturated rings. The Balaban J connectivity index is 2.14. The average Bonchev–Trinajstić information content (AvgIpc) is 2.68. The zero-order chi connectivity index (χ0) is 19.3. The van der Waals surface area contributed by atoms with E-state index < -0.39 is 10.0 Å². The van der Waals surface area contributed by atoms with Gasteiger partial charge in [0.15, 0.2) is 0 Å². The summed E-state index contributed by atoms with van der Waals surface area (Å²) < 4.78 is 37.8. The second-order valence-electron chi connectivity index (χ2n) is 6.21. The normalized spacial score (nSPS) is 16.3. The summed E-state index contributed by atoms with van der Waals surface area (Å²) in [5.74, 6) is 0.795. The Labute approximate surface area is 155 Å². The number of benzene rings is 1. The van der Waals surface area contributed by atoms with Crippen LogP contribution < -0.4 is 9.47 Å². The van der Waals surface area contributed by atoms with Crippen LogP contribution in [0, 0.1) is 5.92 Å². The molecule has 0 aliphatic carbocycles. The summed E-state index contributed by atoms with van der Waals surface area (Å²) in [5.41, 5.74) is 0. The molecule has 1 saturated heterocycles. The first-order valence-corrected chi connectivity index (χ1v) is 10.3. The maximum Gasteiger partial charge on any atom is 0.246 e. The first-order valence-electron chi connectivity index (χ1n) is 8.89. The van der Waals surface area contributed by atoms with Crippen molar-refractivity contribution in [2.75, 3.05) is 40.4 Å². The lowest BCUT2D eigenvalue weighted by molar-refractivity contribution is -0.136. The number of sulfonamides is 1. The van der Waals surface area contributed by atoms with Crippen LogP contribution in [-0.2, 0) is 14.8 Å². The molecule has 26 heavy (non-hydrogen) atoms. The van der Waals surface area contributed by atoms with Crippen molar-refractivity contribution in [1.82, 2.24) is 9.21 Å². The van der Waals surface area contributed by atoms with Crippen molar-refractivity contribution >= 4 is 15.9 Å². The molecule has 7 nitrogen and oxygen atoms in total. The number of hydrogen-bond donors (Lipinski definition) is 0. The van der Waals surface area contributed by atoms with Gasteiger partial charge in [-0.25, -0.2) is 8.42 Å². The lowest BCUT2D eigenvalue weighted by Crippen LogP contribution is -2.44. The van der Waals surface area contributed by atoms with Gasteiger partial charge in [-0.1, -0.05) is 0 Å². The lowest BCUT2D eigenvalue weighted by Gasteiger charge is -2.33. The van der Waals surface area contributed by atoms with E-state index in [4.69, 9.17) is 9.47 Å². The predicted molar refractivity (Wildman–Crippen MR) is 99.0 cm³/mol. The molecular weight excluding hydrogens is 356 g/mol. The third-order valence-electron chi connectivity index (χ3n) is 4.87. The summed E-state index contributed by atoms with van der Waals surface area (Å²) >= 11 is 0. The smallest absolute Gasteiger partial charge is 0.246 e. The van der Waals surface area contributed by atoms with Crippen molar-refractivity contribution in [1.29, 1.82) is 0 Å². The van der Waals surface area contributed by atoms with Crippen molar-refractivity contribution in [2.45, 2.75) is 31.6 Å². The standard InChI is InChI=1S/C18H28N2O5S/c1-5-19(6-2)18(21)14-9-11-20(12-10-14)26(22,23)17-8-7-15(24-3)13-16(17)25-4/h7-8,13-14H,5-6,9-12H2,1-4H3. The fourth-order valence-corrected chi connectivity index (χ4v) is 4.87. The highest BCUT2D eigenvalue weighted by molar-refractivity contribution is 7.89. The van der Waals surface area contributed by atoms with Crippen LogP contribution in [0.4, 0.5) is 0 Å². The molecule has 0 saturated carbocycles. The molecule has 1 aliphatic rings.